The molecule has 2 heteroatoms. The summed E-state index contributed by atoms with van der Waals surface area (Å²) in [5.41, 5.74) is 1.39. The second-order valence-corrected chi connectivity index (χ2v) is 5.02. The first-order valence-electron chi connectivity index (χ1n) is 5.41. The van der Waals surface area contributed by atoms with Gasteiger partial charge in [-0.05, 0) is 25.3 Å². The molecule has 3 atom stereocenters. The standard InChI is InChI=1S/C12H14O2/c1-7-11(14)5-9-4-8-6-12(7,9)3-2-10(8)13/h5,7-8H,2-4,6H2,1H3/t7?,8-,12-/m0/s1. The van der Waals surface area contributed by atoms with Gasteiger partial charge in [-0.25, -0.2) is 0 Å². The average Bonchev–Trinajstić information content (AvgIpc) is 2.57. The van der Waals surface area contributed by atoms with E-state index in [-0.39, 0.29) is 23.0 Å². The highest BCUT2D eigenvalue weighted by Crippen LogP contribution is 2.60. The first kappa shape index (κ1) is 8.39. The van der Waals surface area contributed by atoms with Crippen LogP contribution in [0.5, 0.6) is 0 Å². The molecule has 0 aromatic carbocycles. The van der Waals surface area contributed by atoms with Crippen molar-refractivity contribution in [3.63, 3.8) is 0 Å². The Morgan fingerprint density at radius 3 is 3.00 bits per heavy atom. The molecule has 0 saturated heterocycles. The zero-order valence-electron chi connectivity index (χ0n) is 8.38. The smallest absolute Gasteiger partial charge is 0.159 e. The SMILES string of the molecule is CC1C(=O)C=C2C[C@H]3C[C@]21CCC3=O. The third kappa shape index (κ3) is 0.776. The van der Waals surface area contributed by atoms with Crippen LogP contribution in [0.15, 0.2) is 11.6 Å². The van der Waals surface area contributed by atoms with Crippen LogP contribution in [0.1, 0.15) is 32.6 Å². The number of Topliss-reactive ketones (excluding diaryl/α,β-unsaturated/α-hetero) is 1. The average molecular weight is 190 g/mol. The minimum Gasteiger partial charge on any atom is -0.299 e. The largest absolute Gasteiger partial charge is 0.299 e. The summed E-state index contributed by atoms with van der Waals surface area (Å²) in [7, 11) is 0. The topological polar surface area (TPSA) is 34.1 Å². The van der Waals surface area contributed by atoms with Gasteiger partial charge in [0.15, 0.2) is 5.78 Å². The maximum absolute atomic E-state index is 11.6. The summed E-state index contributed by atoms with van der Waals surface area (Å²) in [6.45, 7) is 2.03. The van der Waals surface area contributed by atoms with Gasteiger partial charge in [0.2, 0.25) is 0 Å². The van der Waals surface area contributed by atoms with E-state index in [4.69, 9.17) is 0 Å². The summed E-state index contributed by atoms with van der Waals surface area (Å²) in [5.74, 6) is 1.08. The number of allylic oxidation sites excluding steroid dienone is 2. The van der Waals surface area contributed by atoms with E-state index in [0.717, 1.165) is 19.3 Å². The van der Waals surface area contributed by atoms with Gasteiger partial charge in [0, 0.05) is 23.7 Å². The lowest BCUT2D eigenvalue weighted by Crippen LogP contribution is -2.32. The van der Waals surface area contributed by atoms with Crippen molar-refractivity contribution in [2.75, 3.05) is 0 Å². The van der Waals surface area contributed by atoms with Crippen LogP contribution in [0, 0.1) is 17.3 Å². The molecule has 3 aliphatic rings. The lowest BCUT2D eigenvalue weighted by atomic mass is 9.68. The molecule has 74 valence electrons. The van der Waals surface area contributed by atoms with Crippen LogP contribution in [-0.2, 0) is 9.59 Å². The van der Waals surface area contributed by atoms with E-state index in [9.17, 15) is 9.59 Å². The van der Waals surface area contributed by atoms with Crippen molar-refractivity contribution >= 4 is 11.6 Å². The van der Waals surface area contributed by atoms with Gasteiger partial charge in [-0.2, -0.15) is 0 Å². The minimum absolute atomic E-state index is 0.107. The molecule has 2 nitrogen and oxygen atoms in total. The van der Waals surface area contributed by atoms with Crippen molar-refractivity contribution in [2.24, 2.45) is 17.3 Å². The fraction of sp³-hybridized carbons (Fsp3) is 0.667. The number of fused-ring (bicyclic) bond motifs is 1. The molecule has 0 heterocycles. The van der Waals surface area contributed by atoms with Gasteiger partial charge in [-0.15, -0.1) is 0 Å². The molecule has 2 fully saturated rings. The van der Waals surface area contributed by atoms with Crippen molar-refractivity contribution in [2.45, 2.75) is 32.6 Å². The molecule has 3 aliphatic carbocycles. The van der Waals surface area contributed by atoms with E-state index >= 15 is 0 Å². The van der Waals surface area contributed by atoms with E-state index in [1.54, 1.807) is 0 Å². The fourth-order valence-corrected chi connectivity index (χ4v) is 3.60. The molecule has 3 rings (SSSR count). The highest BCUT2D eigenvalue weighted by atomic mass is 16.1. The zero-order valence-corrected chi connectivity index (χ0v) is 8.38. The molecule has 0 N–H and O–H groups in total. The van der Waals surface area contributed by atoms with Crippen LogP contribution in [0.4, 0.5) is 0 Å². The Morgan fingerprint density at radius 1 is 1.43 bits per heavy atom. The summed E-state index contributed by atoms with van der Waals surface area (Å²) in [6.07, 6.45) is 5.25. The maximum Gasteiger partial charge on any atom is 0.159 e. The lowest BCUT2D eigenvalue weighted by molar-refractivity contribution is -0.128. The normalized spacial score (nSPS) is 45.4. The van der Waals surface area contributed by atoms with Crippen LogP contribution < -0.4 is 0 Å². The number of hydrogen-bond acceptors (Lipinski definition) is 2. The van der Waals surface area contributed by atoms with Crippen LogP contribution in [0.3, 0.4) is 0 Å². The van der Waals surface area contributed by atoms with Crippen molar-refractivity contribution in [1.29, 1.82) is 0 Å². The van der Waals surface area contributed by atoms with E-state index in [0.29, 0.717) is 12.2 Å². The molecule has 0 aromatic rings. The highest BCUT2D eigenvalue weighted by molar-refractivity contribution is 5.98. The molecule has 1 spiro atoms. The summed E-state index contributed by atoms with van der Waals surface area (Å²) in [5, 5.41) is 0. The van der Waals surface area contributed by atoms with Gasteiger partial charge in [-0.3, -0.25) is 9.59 Å². The van der Waals surface area contributed by atoms with Crippen molar-refractivity contribution in [3.05, 3.63) is 11.6 Å². The van der Waals surface area contributed by atoms with Crippen molar-refractivity contribution in [1.82, 2.24) is 0 Å². The molecule has 0 amide bonds. The summed E-state index contributed by atoms with van der Waals surface area (Å²) >= 11 is 0. The summed E-state index contributed by atoms with van der Waals surface area (Å²) < 4.78 is 0. The van der Waals surface area contributed by atoms with Gasteiger partial charge in [0.05, 0.1) is 0 Å². The van der Waals surface area contributed by atoms with Gasteiger partial charge in [-0.1, -0.05) is 12.5 Å². The van der Waals surface area contributed by atoms with Gasteiger partial charge in [0.1, 0.15) is 5.78 Å². The van der Waals surface area contributed by atoms with E-state index in [2.05, 4.69) is 0 Å². The van der Waals surface area contributed by atoms with Crippen LogP contribution in [0.25, 0.3) is 0 Å². The summed E-state index contributed by atoms with van der Waals surface area (Å²) in [4.78, 5) is 23.2. The predicted molar refractivity (Wildman–Crippen MR) is 51.7 cm³/mol. The lowest BCUT2D eigenvalue weighted by Gasteiger charge is -2.34. The number of rotatable bonds is 0. The predicted octanol–water partition coefficient (Wildman–Crippen LogP) is 1.89. The Morgan fingerprint density at radius 2 is 2.21 bits per heavy atom. The van der Waals surface area contributed by atoms with Gasteiger partial charge < -0.3 is 0 Å². The maximum atomic E-state index is 11.6. The Hall–Kier alpha value is -0.920. The van der Waals surface area contributed by atoms with E-state index in [1.165, 1.54) is 5.57 Å². The third-order valence-electron chi connectivity index (χ3n) is 4.56. The molecule has 0 radical (unpaired) electrons. The fourth-order valence-electron chi connectivity index (χ4n) is 3.60. The Balaban J connectivity index is 2.08. The van der Waals surface area contributed by atoms with Crippen LogP contribution >= 0.6 is 0 Å². The molecule has 1 unspecified atom stereocenters. The van der Waals surface area contributed by atoms with Crippen LogP contribution in [0.2, 0.25) is 0 Å². The summed E-state index contributed by atoms with van der Waals surface area (Å²) in [6, 6.07) is 0. The third-order valence-corrected chi connectivity index (χ3v) is 4.56. The number of carbonyl (C=O) groups is 2. The number of ketones is 2. The van der Waals surface area contributed by atoms with Gasteiger partial charge in [0.25, 0.3) is 0 Å². The van der Waals surface area contributed by atoms with Crippen molar-refractivity contribution in [3.8, 4) is 0 Å². The molecule has 2 bridgehead atoms. The Bertz CT molecular complexity index is 367. The molecule has 0 aliphatic heterocycles. The second-order valence-electron chi connectivity index (χ2n) is 5.02. The molecular formula is C12H14O2. The Kier molecular flexibility index (Phi) is 1.41. The zero-order chi connectivity index (χ0) is 9.92. The Labute approximate surface area is 83.4 Å². The molecule has 0 aromatic heterocycles. The molecular weight excluding hydrogens is 176 g/mol. The van der Waals surface area contributed by atoms with E-state index < -0.39 is 0 Å². The monoisotopic (exact) mass is 190 g/mol. The molecule has 2 saturated carbocycles. The highest BCUT2D eigenvalue weighted by Gasteiger charge is 2.56. The quantitative estimate of drug-likeness (QED) is 0.584. The van der Waals surface area contributed by atoms with Gasteiger partial charge >= 0.3 is 0 Å². The minimum atomic E-state index is 0.107. The first-order chi connectivity index (χ1) is 6.63. The second kappa shape index (κ2) is 2.36. The van der Waals surface area contributed by atoms with Crippen molar-refractivity contribution < 1.29 is 9.59 Å². The first-order valence-corrected chi connectivity index (χ1v) is 5.41. The number of carbonyl (C=O) groups excluding carboxylic acids is 2. The van der Waals surface area contributed by atoms with E-state index in [1.807, 2.05) is 13.0 Å². The number of hydrogen-bond donors (Lipinski definition) is 0. The van der Waals surface area contributed by atoms with Crippen LogP contribution in [-0.4, -0.2) is 11.6 Å². The molecule has 14 heavy (non-hydrogen) atoms.